The summed E-state index contributed by atoms with van der Waals surface area (Å²) in [4.78, 5) is 2.34. The molecule has 0 fully saturated rings. The van der Waals surface area contributed by atoms with Crippen molar-refractivity contribution in [2.24, 2.45) is 0 Å². The molecule has 0 aromatic heterocycles. The van der Waals surface area contributed by atoms with E-state index in [0.717, 1.165) is 19.5 Å². The smallest absolute Gasteiger partial charge is 0.0234 e. The number of nitrogens with zero attached hydrogens (tertiary/aromatic N) is 1. The Morgan fingerprint density at radius 3 is 1.78 bits per heavy atom. The van der Waals surface area contributed by atoms with Gasteiger partial charge in [-0.05, 0) is 30.2 Å². The Hall–Kier alpha value is -1.60. The molecule has 0 spiro atoms. The van der Waals surface area contributed by atoms with Gasteiger partial charge in [0.25, 0.3) is 0 Å². The first kappa shape index (κ1) is 12.8. The molecule has 0 aliphatic rings. The predicted octanol–water partition coefficient (Wildman–Crippen LogP) is 3.88. The second-order valence-corrected chi connectivity index (χ2v) is 4.83. The number of aryl methyl sites for hydroxylation is 1. The average Bonchev–Trinajstić information content (AvgIpc) is 2.40. The van der Waals surface area contributed by atoms with E-state index < -0.39 is 0 Å². The minimum atomic E-state index is 0.996. The summed E-state index contributed by atoms with van der Waals surface area (Å²) in [7, 11) is 2.17. The van der Waals surface area contributed by atoms with Gasteiger partial charge in [0, 0.05) is 13.1 Å². The first-order valence-electron chi connectivity index (χ1n) is 6.58. The maximum Gasteiger partial charge on any atom is 0.0234 e. The van der Waals surface area contributed by atoms with Crippen LogP contribution in [-0.2, 0) is 19.5 Å². The third kappa shape index (κ3) is 3.71. The van der Waals surface area contributed by atoms with Gasteiger partial charge >= 0.3 is 0 Å². The standard InChI is InChI=1S/C17H21N/c1-3-15-9-11-17(12-10-15)14-18(2)13-16-7-5-4-6-8-16/h4-12H,3,13-14H2,1-2H3. The van der Waals surface area contributed by atoms with Crippen molar-refractivity contribution in [1.29, 1.82) is 0 Å². The zero-order valence-corrected chi connectivity index (χ0v) is 11.3. The first-order chi connectivity index (χ1) is 8.78. The molecule has 0 unspecified atom stereocenters. The topological polar surface area (TPSA) is 3.24 Å². The van der Waals surface area contributed by atoms with Crippen LogP contribution in [0.5, 0.6) is 0 Å². The van der Waals surface area contributed by atoms with Gasteiger partial charge < -0.3 is 0 Å². The van der Waals surface area contributed by atoms with E-state index in [1.54, 1.807) is 0 Å². The van der Waals surface area contributed by atoms with Crippen molar-refractivity contribution in [2.45, 2.75) is 26.4 Å². The van der Waals surface area contributed by atoms with Gasteiger partial charge in [-0.2, -0.15) is 0 Å². The van der Waals surface area contributed by atoms with Gasteiger partial charge in [0.2, 0.25) is 0 Å². The molecule has 2 aromatic carbocycles. The second kappa shape index (κ2) is 6.36. The molecular formula is C17H21N. The van der Waals surface area contributed by atoms with Crippen LogP contribution in [0.3, 0.4) is 0 Å². The summed E-state index contributed by atoms with van der Waals surface area (Å²) in [6.45, 7) is 4.19. The SMILES string of the molecule is CCc1ccc(CN(C)Cc2ccccc2)cc1. The zero-order chi connectivity index (χ0) is 12.8. The minimum absolute atomic E-state index is 0.996. The van der Waals surface area contributed by atoms with Crippen molar-refractivity contribution in [3.8, 4) is 0 Å². The van der Waals surface area contributed by atoms with Crippen LogP contribution in [0, 0.1) is 0 Å². The molecule has 18 heavy (non-hydrogen) atoms. The van der Waals surface area contributed by atoms with Crippen molar-refractivity contribution in [2.75, 3.05) is 7.05 Å². The van der Waals surface area contributed by atoms with Crippen LogP contribution in [0.25, 0.3) is 0 Å². The van der Waals surface area contributed by atoms with Crippen molar-refractivity contribution in [3.05, 3.63) is 71.3 Å². The highest BCUT2D eigenvalue weighted by Crippen LogP contribution is 2.09. The number of rotatable bonds is 5. The lowest BCUT2D eigenvalue weighted by Gasteiger charge is -2.17. The second-order valence-electron chi connectivity index (χ2n) is 4.83. The van der Waals surface area contributed by atoms with Crippen LogP contribution in [0.2, 0.25) is 0 Å². The molecule has 0 N–H and O–H groups in total. The molecule has 0 radical (unpaired) electrons. The molecular weight excluding hydrogens is 218 g/mol. The Kier molecular flexibility index (Phi) is 4.54. The Balaban J connectivity index is 1.92. The largest absolute Gasteiger partial charge is 0.298 e. The van der Waals surface area contributed by atoms with Gasteiger partial charge in [-0.25, -0.2) is 0 Å². The van der Waals surface area contributed by atoms with E-state index in [1.165, 1.54) is 16.7 Å². The maximum absolute atomic E-state index is 2.34. The van der Waals surface area contributed by atoms with E-state index in [9.17, 15) is 0 Å². The summed E-state index contributed by atoms with van der Waals surface area (Å²) in [5.74, 6) is 0. The van der Waals surface area contributed by atoms with Crippen molar-refractivity contribution < 1.29 is 0 Å². The fourth-order valence-corrected chi connectivity index (χ4v) is 2.14. The van der Waals surface area contributed by atoms with Crippen LogP contribution in [0.1, 0.15) is 23.6 Å². The summed E-state index contributed by atoms with van der Waals surface area (Å²) < 4.78 is 0. The molecule has 0 heterocycles. The van der Waals surface area contributed by atoms with Gasteiger partial charge in [-0.3, -0.25) is 4.90 Å². The normalized spacial score (nSPS) is 10.8. The third-order valence-corrected chi connectivity index (χ3v) is 3.18. The van der Waals surface area contributed by atoms with Gasteiger partial charge in [0.1, 0.15) is 0 Å². The predicted molar refractivity (Wildman–Crippen MR) is 77.4 cm³/mol. The lowest BCUT2D eigenvalue weighted by molar-refractivity contribution is 0.319. The highest BCUT2D eigenvalue weighted by molar-refractivity contribution is 5.22. The van der Waals surface area contributed by atoms with E-state index >= 15 is 0 Å². The Morgan fingerprint density at radius 2 is 1.22 bits per heavy atom. The molecule has 94 valence electrons. The van der Waals surface area contributed by atoms with Gasteiger partial charge in [0.05, 0.1) is 0 Å². The van der Waals surface area contributed by atoms with E-state index in [2.05, 4.69) is 73.5 Å². The van der Waals surface area contributed by atoms with Crippen LogP contribution in [-0.4, -0.2) is 11.9 Å². The van der Waals surface area contributed by atoms with Crippen molar-refractivity contribution in [1.82, 2.24) is 4.90 Å². The summed E-state index contributed by atoms with van der Waals surface area (Å²) >= 11 is 0. The van der Waals surface area contributed by atoms with E-state index in [0.29, 0.717) is 0 Å². The Bertz CT molecular complexity index is 459. The van der Waals surface area contributed by atoms with Crippen LogP contribution >= 0.6 is 0 Å². The zero-order valence-electron chi connectivity index (χ0n) is 11.3. The maximum atomic E-state index is 2.34. The van der Waals surface area contributed by atoms with Crippen molar-refractivity contribution in [3.63, 3.8) is 0 Å². The molecule has 0 bridgehead atoms. The monoisotopic (exact) mass is 239 g/mol. The molecule has 0 atom stereocenters. The first-order valence-corrected chi connectivity index (χ1v) is 6.58. The summed E-state index contributed by atoms with van der Waals surface area (Å²) in [5.41, 5.74) is 4.15. The lowest BCUT2D eigenvalue weighted by Crippen LogP contribution is -2.17. The van der Waals surface area contributed by atoms with Crippen LogP contribution in [0.15, 0.2) is 54.6 Å². The lowest BCUT2D eigenvalue weighted by atomic mass is 10.1. The molecule has 0 aliphatic carbocycles. The number of hydrogen-bond acceptors (Lipinski definition) is 1. The quantitative estimate of drug-likeness (QED) is 0.765. The average molecular weight is 239 g/mol. The summed E-state index contributed by atoms with van der Waals surface area (Å²) in [6.07, 6.45) is 1.11. The highest BCUT2D eigenvalue weighted by atomic mass is 15.1. The van der Waals surface area contributed by atoms with E-state index in [1.807, 2.05) is 0 Å². The van der Waals surface area contributed by atoms with Gasteiger partial charge in [0.15, 0.2) is 0 Å². The van der Waals surface area contributed by atoms with E-state index in [-0.39, 0.29) is 0 Å². The van der Waals surface area contributed by atoms with E-state index in [4.69, 9.17) is 0 Å². The fourth-order valence-electron chi connectivity index (χ4n) is 2.14. The Labute approximate surface area is 110 Å². The van der Waals surface area contributed by atoms with Crippen molar-refractivity contribution >= 4 is 0 Å². The molecule has 2 aromatic rings. The van der Waals surface area contributed by atoms with Gasteiger partial charge in [-0.15, -0.1) is 0 Å². The molecule has 2 rings (SSSR count). The molecule has 0 saturated heterocycles. The minimum Gasteiger partial charge on any atom is -0.298 e. The summed E-state index contributed by atoms with van der Waals surface area (Å²) in [5, 5.41) is 0. The van der Waals surface area contributed by atoms with Crippen LogP contribution in [0.4, 0.5) is 0 Å². The number of hydrogen-bond donors (Lipinski definition) is 0. The number of benzene rings is 2. The molecule has 1 nitrogen and oxygen atoms in total. The third-order valence-electron chi connectivity index (χ3n) is 3.18. The molecule has 1 heteroatoms. The molecule has 0 amide bonds. The van der Waals surface area contributed by atoms with Gasteiger partial charge in [-0.1, -0.05) is 61.5 Å². The Morgan fingerprint density at radius 1 is 0.722 bits per heavy atom. The van der Waals surface area contributed by atoms with Crippen LogP contribution < -0.4 is 0 Å². The fraction of sp³-hybridized carbons (Fsp3) is 0.294. The highest BCUT2D eigenvalue weighted by Gasteiger charge is 2.01. The molecule has 0 aliphatic heterocycles. The summed E-state index contributed by atoms with van der Waals surface area (Å²) in [6, 6.07) is 19.5. The molecule has 0 saturated carbocycles.